The monoisotopic (exact) mass is 351 g/mol. The Hall–Kier alpha value is -2.09. The van der Waals surface area contributed by atoms with Crippen LogP contribution in [0.5, 0.6) is 0 Å². The van der Waals surface area contributed by atoms with Crippen LogP contribution in [-0.2, 0) is 5.41 Å². The third kappa shape index (κ3) is 3.06. The Labute approximate surface area is 160 Å². The Morgan fingerprint density at radius 2 is 1.69 bits per heavy atom. The number of fused-ring (bicyclic) bond motifs is 2. The fourth-order valence-corrected chi connectivity index (χ4v) is 4.04. The molecule has 0 fully saturated rings. The molecule has 140 valence electrons. The summed E-state index contributed by atoms with van der Waals surface area (Å²) in [5.74, 6) is 0.490. The second kappa shape index (κ2) is 6.90. The fourth-order valence-electron chi connectivity index (χ4n) is 4.04. The van der Waals surface area contributed by atoms with Crippen molar-refractivity contribution in [3.05, 3.63) is 58.7 Å². The average molecular weight is 352 g/mol. The molecule has 0 heterocycles. The number of anilines is 1. The van der Waals surface area contributed by atoms with E-state index >= 15 is 0 Å². The maximum absolute atomic E-state index is 2.38. The summed E-state index contributed by atoms with van der Waals surface area (Å²) in [4.78, 5) is 2.19. The number of allylic oxidation sites excluding steroid dienone is 6. The van der Waals surface area contributed by atoms with Gasteiger partial charge < -0.3 is 4.90 Å². The number of hydrogen-bond donors (Lipinski definition) is 0. The van der Waals surface area contributed by atoms with Crippen LogP contribution in [0.2, 0.25) is 0 Å². The second-order valence-corrected chi connectivity index (χ2v) is 8.44. The van der Waals surface area contributed by atoms with Crippen LogP contribution in [0.4, 0.5) is 5.69 Å². The van der Waals surface area contributed by atoms with Crippen LogP contribution >= 0.6 is 0 Å². The molecule has 0 atom stereocenters. The van der Waals surface area contributed by atoms with Gasteiger partial charge in [0.1, 0.15) is 14.1 Å². The Bertz CT molecular complexity index is 839. The molecule has 0 unspecified atom stereocenters. The van der Waals surface area contributed by atoms with E-state index in [1.54, 1.807) is 0 Å². The summed E-state index contributed by atoms with van der Waals surface area (Å²) in [5.41, 5.74) is 9.69. The highest BCUT2D eigenvalue weighted by molar-refractivity contribution is 6.05. The third-order valence-electron chi connectivity index (χ3n) is 5.54. The van der Waals surface area contributed by atoms with E-state index in [4.69, 9.17) is 0 Å². The average Bonchev–Trinajstić information content (AvgIpc) is 2.54. The van der Waals surface area contributed by atoms with Gasteiger partial charge in [-0.3, -0.25) is 0 Å². The van der Waals surface area contributed by atoms with Crippen LogP contribution < -0.4 is 4.90 Å². The highest BCUT2D eigenvalue weighted by Crippen LogP contribution is 2.50. The Kier molecular flexibility index (Phi) is 5.37. The lowest BCUT2D eigenvalue weighted by atomic mass is 9.63. The highest BCUT2D eigenvalue weighted by atomic mass is 15.1. The first-order chi connectivity index (χ1) is 11.6. The van der Waals surface area contributed by atoms with Crippen LogP contribution in [0.25, 0.3) is 5.57 Å². The first-order valence-corrected chi connectivity index (χ1v) is 9.16. The summed E-state index contributed by atoms with van der Waals surface area (Å²) in [5, 5.41) is 0. The molecule has 0 radical (unpaired) electrons. The first kappa shape index (κ1) is 20.2. The van der Waals surface area contributed by atoms with Gasteiger partial charge in [0.05, 0.1) is 0 Å². The molecule has 1 aromatic rings. The van der Waals surface area contributed by atoms with Crippen molar-refractivity contribution in [1.82, 2.24) is 0 Å². The van der Waals surface area contributed by atoms with Crippen LogP contribution in [0.3, 0.4) is 0 Å². The van der Waals surface area contributed by atoms with Gasteiger partial charge in [-0.1, -0.05) is 41.2 Å². The molecule has 1 aromatic carbocycles. The number of benzene rings is 1. The summed E-state index contributed by atoms with van der Waals surface area (Å²) in [6.45, 7) is 9.34. The van der Waals surface area contributed by atoms with Crippen molar-refractivity contribution in [2.45, 2.75) is 40.5 Å². The summed E-state index contributed by atoms with van der Waals surface area (Å²) >= 11 is 0. The van der Waals surface area contributed by atoms with E-state index in [9.17, 15) is 0 Å². The molecule has 0 spiro atoms. The molecule has 2 heteroatoms. The molecule has 0 bridgehead atoms. The molecule has 0 N–H and O–H groups in total. The van der Waals surface area contributed by atoms with E-state index in [1.807, 2.05) is 0 Å². The molecule has 3 rings (SSSR count). The van der Waals surface area contributed by atoms with Crippen LogP contribution in [-0.4, -0.2) is 38.5 Å². The van der Waals surface area contributed by atoms with Gasteiger partial charge in [0, 0.05) is 37.3 Å². The van der Waals surface area contributed by atoms with Crippen molar-refractivity contribution in [2.75, 3.05) is 33.1 Å². The molecule has 0 aliphatic heterocycles. The van der Waals surface area contributed by atoms with Gasteiger partial charge in [-0.2, -0.15) is 0 Å². The molecule has 2 nitrogen and oxygen atoms in total. The van der Waals surface area contributed by atoms with Gasteiger partial charge >= 0.3 is 0 Å². The largest absolute Gasteiger partial charge is 0.378 e. The summed E-state index contributed by atoms with van der Waals surface area (Å²) in [6, 6.07) is 6.95. The molecule has 0 saturated carbocycles. The molecule has 0 saturated heterocycles. The predicted octanol–water partition coefficient (Wildman–Crippen LogP) is 5.30. The van der Waals surface area contributed by atoms with Gasteiger partial charge in [0.2, 0.25) is 0 Å². The Morgan fingerprint density at radius 3 is 2.23 bits per heavy atom. The van der Waals surface area contributed by atoms with Crippen molar-refractivity contribution < 1.29 is 4.58 Å². The minimum absolute atomic E-state index is 0. The van der Waals surface area contributed by atoms with E-state index in [0.29, 0.717) is 5.92 Å². The van der Waals surface area contributed by atoms with Gasteiger partial charge in [0.25, 0.3) is 0 Å². The van der Waals surface area contributed by atoms with Crippen molar-refractivity contribution in [3.63, 3.8) is 0 Å². The summed E-state index contributed by atoms with van der Waals surface area (Å²) in [7, 11) is 8.46. The lowest BCUT2D eigenvalue weighted by Gasteiger charge is -2.40. The van der Waals surface area contributed by atoms with Crippen molar-refractivity contribution in [1.29, 1.82) is 0 Å². The lowest BCUT2D eigenvalue weighted by molar-refractivity contribution is -0.462. The molecule has 0 aromatic heterocycles. The molecular weight excluding hydrogens is 316 g/mol. The van der Waals surface area contributed by atoms with Crippen LogP contribution in [0.1, 0.15) is 46.2 Å². The lowest BCUT2D eigenvalue weighted by Crippen LogP contribution is -2.31. The zero-order valence-electron chi connectivity index (χ0n) is 16.9. The van der Waals surface area contributed by atoms with E-state index in [2.05, 4.69) is 102 Å². The van der Waals surface area contributed by atoms with Crippen LogP contribution in [0.15, 0.2) is 47.6 Å². The third-order valence-corrected chi connectivity index (χ3v) is 5.54. The Balaban J connectivity index is 0.00000243. The Morgan fingerprint density at radius 1 is 1.04 bits per heavy atom. The summed E-state index contributed by atoms with van der Waals surface area (Å²) in [6.07, 6.45) is 6.95. The van der Waals surface area contributed by atoms with Gasteiger partial charge in [-0.15, -0.1) is 0 Å². The highest BCUT2D eigenvalue weighted by Gasteiger charge is 2.38. The van der Waals surface area contributed by atoms with E-state index in [0.717, 1.165) is 0 Å². The molecule has 2 aliphatic carbocycles. The molecule has 0 amide bonds. The fraction of sp³-hybridized carbons (Fsp3) is 0.458. The number of nitrogens with zero attached hydrogens (tertiary/aromatic N) is 2. The normalized spacial score (nSPS) is 17.4. The standard InChI is InChI=1S/C23H31N2.CH4/c1-15(2)22-18-11-9-16(24(5)6)13-20(18)23(3,4)21-14-17(25(7)8)10-12-19(21)22;/h9-15H,1-8H3;1H4/q+1;. The maximum atomic E-state index is 2.38. The number of rotatable bonds is 2. The van der Waals surface area contributed by atoms with Crippen LogP contribution in [0, 0.1) is 5.92 Å². The van der Waals surface area contributed by atoms with Crippen molar-refractivity contribution in [3.8, 4) is 0 Å². The second-order valence-electron chi connectivity index (χ2n) is 8.44. The smallest absolute Gasteiger partial charge is 0.199 e. The molecule has 2 aliphatic rings. The summed E-state index contributed by atoms with van der Waals surface area (Å²) < 4.78 is 2.19. The topological polar surface area (TPSA) is 6.25 Å². The molecular formula is C24H35N2+. The van der Waals surface area contributed by atoms with E-state index < -0.39 is 0 Å². The zero-order chi connectivity index (χ0) is 18.5. The van der Waals surface area contributed by atoms with Gasteiger partial charge in [0.15, 0.2) is 5.71 Å². The maximum Gasteiger partial charge on any atom is 0.199 e. The minimum atomic E-state index is -0.0128. The molecule has 26 heavy (non-hydrogen) atoms. The van der Waals surface area contributed by atoms with Crippen molar-refractivity contribution >= 4 is 17.0 Å². The van der Waals surface area contributed by atoms with Crippen molar-refractivity contribution in [2.24, 2.45) is 5.92 Å². The minimum Gasteiger partial charge on any atom is -0.378 e. The zero-order valence-corrected chi connectivity index (χ0v) is 16.9. The van der Waals surface area contributed by atoms with Gasteiger partial charge in [-0.05, 0) is 52.0 Å². The number of hydrogen-bond acceptors (Lipinski definition) is 1. The van der Waals surface area contributed by atoms with Gasteiger partial charge in [-0.25, -0.2) is 4.58 Å². The van der Waals surface area contributed by atoms with E-state index in [-0.39, 0.29) is 12.8 Å². The predicted molar refractivity (Wildman–Crippen MR) is 117 cm³/mol. The van der Waals surface area contributed by atoms with E-state index in [1.165, 1.54) is 39.2 Å². The SMILES string of the molecule is C.CC(C)C1=C2C=CC(=[N+](C)C)C=C2C(C)(C)c2cc(N(C)C)ccc21. The first-order valence-electron chi connectivity index (χ1n) is 9.16. The quantitative estimate of drug-likeness (QED) is 0.655.